The van der Waals surface area contributed by atoms with E-state index in [1.807, 2.05) is 0 Å². The van der Waals surface area contributed by atoms with Crippen molar-refractivity contribution in [1.82, 2.24) is 0 Å². The van der Waals surface area contributed by atoms with Crippen molar-refractivity contribution in [2.45, 2.75) is 39.2 Å². The molecule has 0 spiro atoms. The van der Waals surface area contributed by atoms with Gasteiger partial charge in [0, 0.05) is 41.6 Å². The predicted octanol–water partition coefficient (Wildman–Crippen LogP) is 4.26. The van der Waals surface area contributed by atoms with E-state index in [1.165, 1.54) is 6.92 Å². The Morgan fingerprint density at radius 3 is 2.56 bits per heavy atom. The van der Waals surface area contributed by atoms with Crippen molar-refractivity contribution < 1.29 is 27.4 Å². The lowest BCUT2D eigenvalue weighted by atomic mass is 9.85. The number of benzene rings is 2. The summed E-state index contributed by atoms with van der Waals surface area (Å²) in [5, 5.41) is 11.2. The number of halogens is 1. The van der Waals surface area contributed by atoms with Gasteiger partial charge in [-0.05, 0) is 37.3 Å². The topological polar surface area (TPSA) is 83.9 Å². The predicted molar refractivity (Wildman–Crippen MR) is 121 cm³/mol. The van der Waals surface area contributed by atoms with Crippen LogP contribution < -0.4 is 9.64 Å². The van der Waals surface area contributed by atoms with E-state index >= 15 is 0 Å². The number of hydrogen-bond donors (Lipinski definition) is 1. The van der Waals surface area contributed by atoms with Gasteiger partial charge in [-0.25, -0.2) is 12.8 Å². The quantitative estimate of drug-likeness (QED) is 0.650. The van der Waals surface area contributed by atoms with Crippen LogP contribution in [0.1, 0.15) is 43.1 Å². The van der Waals surface area contributed by atoms with Crippen LogP contribution in [0.4, 0.5) is 15.8 Å². The second-order valence-corrected chi connectivity index (χ2v) is 11.3. The Balaban J connectivity index is 1.66. The second-order valence-electron chi connectivity index (χ2n) is 9.19. The first-order valence-electron chi connectivity index (χ1n) is 10.3. The van der Waals surface area contributed by atoms with Gasteiger partial charge in [0.1, 0.15) is 11.4 Å². The molecule has 2 aromatic rings. The number of anilines is 2. The molecule has 4 rings (SSSR count). The third-order valence-electron chi connectivity index (χ3n) is 6.01. The van der Waals surface area contributed by atoms with Crippen LogP contribution in [0.3, 0.4) is 0 Å². The van der Waals surface area contributed by atoms with E-state index in [2.05, 4.69) is 6.58 Å². The van der Waals surface area contributed by atoms with Crippen LogP contribution in [0.2, 0.25) is 0 Å². The molecule has 170 valence electrons. The van der Waals surface area contributed by atoms with Gasteiger partial charge >= 0.3 is 0 Å². The van der Waals surface area contributed by atoms with Crippen LogP contribution in [-0.2, 0) is 15.4 Å². The lowest BCUT2D eigenvalue weighted by molar-refractivity contribution is 0.0859. The number of ketones is 1. The Labute approximate surface area is 187 Å². The van der Waals surface area contributed by atoms with Crippen LogP contribution in [-0.4, -0.2) is 37.2 Å². The zero-order valence-electron chi connectivity index (χ0n) is 18.3. The normalized spacial score (nSPS) is 23.9. The van der Waals surface area contributed by atoms with Crippen molar-refractivity contribution in [3.8, 4) is 5.75 Å². The molecule has 2 heterocycles. The maximum atomic E-state index is 13.3. The van der Waals surface area contributed by atoms with Crippen LogP contribution in [0.5, 0.6) is 5.75 Å². The molecule has 32 heavy (non-hydrogen) atoms. The van der Waals surface area contributed by atoms with E-state index in [9.17, 15) is 22.7 Å². The number of ether oxygens (including phenoxy) is 1. The fraction of sp³-hybridized carbons (Fsp3) is 0.375. The third-order valence-corrected chi connectivity index (χ3v) is 8.29. The number of carbonyl (C=O) groups is 1. The molecule has 0 amide bonds. The number of carbonyl (C=O) groups excluding carboxylic acids is 1. The summed E-state index contributed by atoms with van der Waals surface area (Å²) in [4.78, 5) is 14.6. The molecule has 2 aliphatic heterocycles. The van der Waals surface area contributed by atoms with Crippen LogP contribution in [0.25, 0.3) is 0 Å². The first kappa shape index (κ1) is 22.5. The van der Waals surface area contributed by atoms with Gasteiger partial charge in [-0.1, -0.05) is 19.6 Å². The monoisotopic (exact) mass is 459 g/mol. The van der Waals surface area contributed by atoms with Crippen LogP contribution in [0, 0.1) is 5.41 Å². The molecule has 2 atom stereocenters. The number of rotatable bonds is 6. The molecule has 6 nitrogen and oxygen atoms in total. The number of nitrogens with zero attached hydrogens (tertiary/aromatic N) is 1. The maximum Gasteiger partial charge on any atom is 0.235 e. The van der Waals surface area contributed by atoms with Gasteiger partial charge in [0.05, 0.1) is 22.9 Å². The number of hydrogen-bond acceptors (Lipinski definition) is 6. The lowest BCUT2D eigenvalue weighted by Crippen LogP contribution is -2.47. The fourth-order valence-corrected chi connectivity index (χ4v) is 6.85. The zero-order chi connectivity index (χ0) is 23.5. The molecule has 0 aliphatic carbocycles. The maximum absolute atomic E-state index is 13.3. The van der Waals surface area contributed by atoms with Crippen molar-refractivity contribution in [2.24, 2.45) is 5.41 Å². The molecule has 0 aromatic heterocycles. The average molecular weight is 460 g/mol. The molecule has 0 saturated carbocycles. The van der Waals surface area contributed by atoms with Gasteiger partial charge in [0.15, 0.2) is 15.6 Å². The van der Waals surface area contributed by atoms with Gasteiger partial charge in [-0.2, -0.15) is 0 Å². The Morgan fingerprint density at radius 1 is 1.25 bits per heavy atom. The molecular formula is C24H26FNO5S. The van der Waals surface area contributed by atoms with Crippen molar-refractivity contribution >= 4 is 27.0 Å². The Morgan fingerprint density at radius 2 is 1.94 bits per heavy atom. The number of sulfone groups is 1. The van der Waals surface area contributed by atoms with E-state index in [4.69, 9.17) is 4.74 Å². The minimum atomic E-state index is -3.05. The highest BCUT2D eigenvalue weighted by molar-refractivity contribution is 7.92. The molecule has 1 saturated heterocycles. The van der Waals surface area contributed by atoms with Crippen molar-refractivity contribution in [1.29, 1.82) is 0 Å². The largest absolute Gasteiger partial charge is 0.461 e. The Kier molecular flexibility index (Phi) is 5.21. The minimum absolute atomic E-state index is 0.00882. The van der Waals surface area contributed by atoms with Crippen molar-refractivity contribution in [2.75, 3.05) is 16.4 Å². The van der Waals surface area contributed by atoms with Gasteiger partial charge in [-0.15, -0.1) is 0 Å². The molecule has 8 heteroatoms. The summed E-state index contributed by atoms with van der Waals surface area (Å²) in [7, 11) is -3.05. The smallest absolute Gasteiger partial charge is 0.235 e. The molecule has 1 fully saturated rings. The summed E-state index contributed by atoms with van der Waals surface area (Å²) in [6.45, 7) is 8.74. The molecule has 1 N–H and O–H groups in total. The Hall–Kier alpha value is -2.71. The van der Waals surface area contributed by atoms with Gasteiger partial charge in [0.2, 0.25) is 6.36 Å². The van der Waals surface area contributed by atoms with E-state index < -0.39 is 27.2 Å². The highest BCUT2D eigenvalue weighted by Crippen LogP contribution is 2.50. The molecular weight excluding hydrogens is 433 g/mol. The Bertz CT molecular complexity index is 1210. The number of fused-ring (bicyclic) bond motifs is 1. The summed E-state index contributed by atoms with van der Waals surface area (Å²) in [5.74, 6) is 0.190. The SMILES string of the molecule is C=C1N(c2cccc(OC(C)F)c2)c2ccc(C(=O)CC3(C)CS(=O)(=O)C3)cc2[C@@]1(C)O. The van der Waals surface area contributed by atoms with Crippen molar-refractivity contribution in [3.05, 3.63) is 65.9 Å². The average Bonchev–Trinajstić information content (AvgIpc) is 2.85. The number of aliphatic hydroxyl groups is 1. The van der Waals surface area contributed by atoms with Gasteiger partial charge in [-0.3, -0.25) is 4.79 Å². The summed E-state index contributed by atoms with van der Waals surface area (Å²) in [6, 6.07) is 11.9. The molecule has 2 aliphatic rings. The van der Waals surface area contributed by atoms with Crippen molar-refractivity contribution in [3.63, 3.8) is 0 Å². The summed E-state index contributed by atoms with van der Waals surface area (Å²) >= 11 is 0. The summed E-state index contributed by atoms with van der Waals surface area (Å²) in [6.07, 6.45) is -1.35. The molecule has 2 aromatic carbocycles. The second kappa shape index (κ2) is 7.42. The first-order valence-corrected chi connectivity index (χ1v) is 12.1. The highest BCUT2D eigenvalue weighted by atomic mass is 32.2. The minimum Gasteiger partial charge on any atom is -0.461 e. The van der Waals surface area contributed by atoms with E-state index in [-0.39, 0.29) is 23.7 Å². The summed E-state index contributed by atoms with van der Waals surface area (Å²) in [5.41, 5.74) is 0.621. The molecule has 1 unspecified atom stereocenters. The fourth-order valence-electron chi connectivity index (χ4n) is 4.60. The third kappa shape index (κ3) is 3.93. The van der Waals surface area contributed by atoms with Crippen LogP contribution >= 0.6 is 0 Å². The molecule has 0 radical (unpaired) electrons. The van der Waals surface area contributed by atoms with E-state index in [0.717, 1.165) is 0 Å². The number of Topliss-reactive ketones (excluding diaryl/α,β-unsaturated/α-hetero) is 1. The number of alkyl halides is 1. The van der Waals surface area contributed by atoms with E-state index in [1.54, 1.807) is 61.2 Å². The van der Waals surface area contributed by atoms with Crippen LogP contribution in [0.15, 0.2) is 54.7 Å². The summed E-state index contributed by atoms with van der Waals surface area (Å²) < 4.78 is 41.5. The zero-order valence-corrected chi connectivity index (χ0v) is 19.1. The van der Waals surface area contributed by atoms with E-state index in [0.29, 0.717) is 33.9 Å². The first-order chi connectivity index (χ1) is 14.8. The standard InChI is InChI=1S/C24H26FNO5S/c1-15-24(4,28)20-10-17(22(27)12-23(3)13-32(29,30)14-23)8-9-21(20)26(15)18-6-5-7-19(11-18)31-16(2)25/h5-11,16,28H,1,12-14H2,2-4H3/t16?,24-/m0/s1. The van der Waals surface area contributed by atoms with Gasteiger partial charge < -0.3 is 14.7 Å². The van der Waals surface area contributed by atoms with Gasteiger partial charge in [0.25, 0.3) is 0 Å². The molecule has 0 bridgehead atoms. The lowest BCUT2D eigenvalue weighted by Gasteiger charge is -2.37. The highest BCUT2D eigenvalue weighted by Gasteiger charge is 2.46.